The highest BCUT2D eigenvalue weighted by Crippen LogP contribution is 2.44. The smallest absolute Gasteiger partial charge is 0.395 e. The molecule has 0 fully saturated rings. The summed E-state index contributed by atoms with van der Waals surface area (Å²) in [5, 5.41) is 0. The van der Waals surface area contributed by atoms with Gasteiger partial charge >= 0.3 is 12.5 Å². The summed E-state index contributed by atoms with van der Waals surface area (Å²) in [6.07, 6.45) is -9.05. The summed E-state index contributed by atoms with van der Waals surface area (Å²) in [5.74, 6) is -1.88. The van der Waals surface area contributed by atoms with Gasteiger partial charge < -0.3 is 9.47 Å². The van der Waals surface area contributed by atoms with Gasteiger partial charge in [0.1, 0.15) is 11.9 Å². The Hall–Kier alpha value is -2.47. The number of ether oxygens (including phenoxy) is 2. The van der Waals surface area contributed by atoms with Crippen LogP contribution in [0.15, 0.2) is 47.4 Å². The first-order valence-corrected chi connectivity index (χ1v) is 9.53. The van der Waals surface area contributed by atoms with Crippen LogP contribution in [0.1, 0.15) is 18.5 Å². The van der Waals surface area contributed by atoms with Crippen molar-refractivity contribution in [2.75, 3.05) is 6.54 Å². The molecule has 0 aromatic heterocycles. The topological polar surface area (TPSA) is 55.8 Å². The molecule has 0 saturated heterocycles. The maximum Gasteiger partial charge on any atom is 0.586 e. The molecule has 2 aromatic rings. The average Bonchev–Trinajstić information content (AvgIpc) is 2.92. The normalized spacial score (nSPS) is 16.8. The van der Waals surface area contributed by atoms with E-state index < -0.39 is 62.9 Å². The zero-order valence-corrected chi connectivity index (χ0v) is 15.4. The van der Waals surface area contributed by atoms with Crippen LogP contribution in [0.2, 0.25) is 0 Å². The highest BCUT2D eigenvalue weighted by Gasteiger charge is 2.49. The van der Waals surface area contributed by atoms with Gasteiger partial charge in [0.25, 0.3) is 0 Å². The van der Waals surface area contributed by atoms with E-state index >= 15 is 0 Å². The van der Waals surface area contributed by atoms with Gasteiger partial charge in [-0.05, 0) is 29.8 Å². The van der Waals surface area contributed by atoms with Crippen LogP contribution in [-0.4, -0.2) is 31.7 Å². The monoisotopic (exact) mass is 441 g/mol. The van der Waals surface area contributed by atoms with E-state index in [9.17, 15) is 34.8 Å². The number of sulfonamides is 1. The number of alkyl halides is 5. The molecule has 29 heavy (non-hydrogen) atoms. The minimum Gasteiger partial charge on any atom is -0.395 e. The molecule has 1 aliphatic rings. The summed E-state index contributed by atoms with van der Waals surface area (Å²) < 4.78 is 115. The molecule has 1 heterocycles. The molecule has 2 aromatic carbocycles. The zero-order chi connectivity index (χ0) is 21.6. The Labute approximate surface area is 161 Å². The molecule has 0 aliphatic carbocycles. The average molecular weight is 441 g/mol. The second-order valence-corrected chi connectivity index (χ2v) is 7.87. The second-order valence-electron chi connectivity index (χ2n) is 5.98. The van der Waals surface area contributed by atoms with Gasteiger partial charge in [0.05, 0.1) is 4.90 Å². The summed E-state index contributed by atoms with van der Waals surface area (Å²) in [7, 11) is -4.81. The zero-order valence-electron chi connectivity index (χ0n) is 14.6. The molecule has 3 rings (SSSR count). The van der Waals surface area contributed by atoms with Crippen molar-refractivity contribution in [2.24, 2.45) is 0 Å². The molecule has 0 radical (unpaired) electrons. The number of hydrogen-bond acceptors (Lipinski definition) is 4. The Kier molecular flexibility index (Phi) is 5.20. The first-order valence-electron chi connectivity index (χ1n) is 8.09. The molecule has 1 aliphatic heterocycles. The standard InChI is InChI=1S/C17H13F6NO4S/c1-2-24(15(16(19,20)21)10-3-5-11(18)6-4-10)29(25,26)12-7-8-13-14(9-12)28-17(22,23)27-13/h3-9,15H,2H2,1H3/t15-/m1/s1. The molecular formula is C17H13F6NO4S. The fourth-order valence-electron chi connectivity index (χ4n) is 2.88. The first-order chi connectivity index (χ1) is 13.3. The fraction of sp³-hybridized carbons (Fsp3) is 0.294. The number of fused-ring (bicyclic) bond motifs is 1. The van der Waals surface area contributed by atoms with Crippen molar-refractivity contribution in [3.8, 4) is 11.5 Å². The maximum absolute atomic E-state index is 13.8. The molecular weight excluding hydrogens is 428 g/mol. The number of halogens is 6. The van der Waals surface area contributed by atoms with Crippen LogP contribution < -0.4 is 9.47 Å². The predicted octanol–water partition coefficient (Wildman–Crippen LogP) is 4.46. The van der Waals surface area contributed by atoms with Crippen molar-refractivity contribution in [1.82, 2.24) is 4.31 Å². The van der Waals surface area contributed by atoms with Crippen LogP contribution in [0.5, 0.6) is 11.5 Å². The van der Waals surface area contributed by atoms with Crippen LogP contribution in [-0.2, 0) is 10.0 Å². The van der Waals surface area contributed by atoms with Crippen molar-refractivity contribution in [2.45, 2.75) is 30.3 Å². The van der Waals surface area contributed by atoms with Gasteiger partial charge in [-0.1, -0.05) is 19.1 Å². The number of rotatable bonds is 5. The van der Waals surface area contributed by atoms with Crippen LogP contribution in [0.3, 0.4) is 0 Å². The first kappa shape index (κ1) is 21.2. The summed E-state index contributed by atoms with van der Waals surface area (Å²) in [6, 6.07) is 2.93. The SMILES string of the molecule is CCN([C@H](c1ccc(F)cc1)C(F)(F)F)S(=O)(=O)c1ccc2c(c1)OC(F)(F)O2. The van der Waals surface area contributed by atoms with Crippen molar-refractivity contribution in [3.05, 3.63) is 53.8 Å². The highest BCUT2D eigenvalue weighted by atomic mass is 32.2. The Morgan fingerprint density at radius 1 is 1.03 bits per heavy atom. The molecule has 158 valence electrons. The van der Waals surface area contributed by atoms with Crippen LogP contribution in [0.25, 0.3) is 0 Å². The van der Waals surface area contributed by atoms with Crippen molar-refractivity contribution in [3.63, 3.8) is 0 Å². The van der Waals surface area contributed by atoms with E-state index in [2.05, 4.69) is 9.47 Å². The third-order valence-corrected chi connectivity index (χ3v) is 6.01. The lowest BCUT2D eigenvalue weighted by atomic mass is 10.1. The van der Waals surface area contributed by atoms with E-state index in [1.807, 2.05) is 0 Å². The lowest BCUT2D eigenvalue weighted by Gasteiger charge is -2.31. The molecule has 0 N–H and O–H groups in total. The molecule has 0 saturated carbocycles. The summed E-state index contributed by atoms with van der Waals surface area (Å²) in [6.45, 7) is 0.579. The molecule has 0 bridgehead atoms. The molecule has 5 nitrogen and oxygen atoms in total. The minimum absolute atomic E-state index is 0.149. The quantitative estimate of drug-likeness (QED) is 0.643. The van der Waals surface area contributed by atoms with Crippen molar-refractivity contribution >= 4 is 10.0 Å². The molecule has 0 amide bonds. The maximum atomic E-state index is 13.8. The van der Waals surface area contributed by atoms with E-state index in [4.69, 9.17) is 0 Å². The third-order valence-electron chi connectivity index (χ3n) is 4.07. The Morgan fingerprint density at radius 2 is 1.62 bits per heavy atom. The summed E-state index contributed by atoms with van der Waals surface area (Å²) in [5.41, 5.74) is -0.503. The highest BCUT2D eigenvalue weighted by molar-refractivity contribution is 7.89. The Bertz CT molecular complexity index is 1010. The van der Waals surface area contributed by atoms with E-state index in [1.54, 1.807) is 0 Å². The lowest BCUT2D eigenvalue weighted by molar-refractivity contribution is -0.286. The predicted molar refractivity (Wildman–Crippen MR) is 87.4 cm³/mol. The van der Waals surface area contributed by atoms with Gasteiger partial charge in [-0.2, -0.15) is 17.5 Å². The van der Waals surface area contributed by atoms with Gasteiger partial charge in [0.15, 0.2) is 11.5 Å². The number of nitrogens with zero attached hydrogens (tertiary/aromatic N) is 1. The van der Waals surface area contributed by atoms with Crippen LogP contribution in [0.4, 0.5) is 26.3 Å². The van der Waals surface area contributed by atoms with Crippen LogP contribution >= 0.6 is 0 Å². The van der Waals surface area contributed by atoms with E-state index in [1.165, 1.54) is 6.92 Å². The van der Waals surface area contributed by atoms with E-state index in [0.29, 0.717) is 6.07 Å². The Balaban J connectivity index is 2.06. The lowest BCUT2D eigenvalue weighted by Crippen LogP contribution is -2.42. The largest absolute Gasteiger partial charge is 0.586 e. The van der Waals surface area contributed by atoms with E-state index in [0.717, 1.165) is 36.4 Å². The number of benzene rings is 2. The van der Waals surface area contributed by atoms with E-state index in [-0.39, 0.29) is 4.31 Å². The summed E-state index contributed by atoms with van der Waals surface area (Å²) in [4.78, 5) is -0.698. The van der Waals surface area contributed by atoms with Crippen molar-refractivity contribution in [1.29, 1.82) is 0 Å². The second kappa shape index (κ2) is 7.10. The van der Waals surface area contributed by atoms with Crippen molar-refractivity contribution < 1.29 is 44.2 Å². The van der Waals surface area contributed by atoms with Gasteiger partial charge in [0, 0.05) is 12.6 Å². The fourth-order valence-corrected chi connectivity index (χ4v) is 4.51. The summed E-state index contributed by atoms with van der Waals surface area (Å²) >= 11 is 0. The Morgan fingerprint density at radius 3 is 2.17 bits per heavy atom. The van der Waals surface area contributed by atoms with Gasteiger partial charge in [0.2, 0.25) is 10.0 Å². The minimum atomic E-state index is -5.04. The van der Waals surface area contributed by atoms with Gasteiger partial charge in [-0.3, -0.25) is 0 Å². The number of hydrogen-bond donors (Lipinski definition) is 0. The molecule has 0 unspecified atom stereocenters. The molecule has 1 atom stereocenters. The third kappa shape index (κ3) is 4.13. The van der Waals surface area contributed by atoms with Gasteiger partial charge in [-0.15, -0.1) is 8.78 Å². The van der Waals surface area contributed by atoms with Gasteiger partial charge in [-0.25, -0.2) is 12.8 Å². The molecule has 12 heteroatoms. The van der Waals surface area contributed by atoms with Crippen LogP contribution in [0, 0.1) is 5.82 Å². The molecule has 0 spiro atoms.